The van der Waals surface area contributed by atoms with Crippen LogP contribution in [0.1, 0.15) is 71.6 Å². The van der Waals surface area contributed by atoms with E-state index in [-0.39, 0.29) is 0 Å². The van der Waals surface area contributed by atoms with E-state index in [4.69, 9.17) is 5.11 Å². The Hall–Kier alpha value is -0.0400. The second kappa shape index (κ2) is 11.0. The van der Waals surface area contributed by atoms with Gasteiger partial charge in [0.15, 0.2) is 0 Å². The first-order chi connectivity index (χ1) is 6.85. The molecular formula is C13H28O. The van der Waals surface area contributed by atoms with Gasteiger partial charge in [-0.3, -0.25) is 0 Å². The lowest BCUT2D eigenvalue weighted by molar-refractivity contribution is 0.241. The van der Waals surface area contributed by atoms with Crippen LogP contribution in [0.25, 0.3) is 0 Å². The van der Waals surface area contributed by atoms with Crippen molar-refractivity contribution in [3.63, 3.8) is 0 Å². The van der Waals surface area contributed by atoms with E-state index < -0.39 is 0 Å². The predicted molar refractivity (Wildman–Crippen MR) is 63.5 cm³/mol. The predicted octanol–water partition coefficient (Wildman–Crippen LogP) is 4.15. The van der Waals surface area contributed by atoms with Crippen molar-refractivity contribution < 1.29 is 5.11 Å². The van der Waals surface area contributed by atoms with E-state index in [0.717, 1.165) is 12.3 Å². The van der Waals surface area contributed by atoms with Gasteiger partial charge in [-0.25, -0.2) is 0 Å². The number of aliphatic hydroxyl groups is 1. The van der Waals surface area contributed by atoms with E-state index in [1.807, 2.05) is 0 Å². The van der Waals surface area contributed by atoms with Crippen LogP contribution in [0.3, 0.4) is 0 Å². The first kappa shape index (κ1) is 14.0. The Morgan fingerprint density at radius 1 is 0.786 bits per heavy atom. The highest BCUT2D eigenvalue weighted by Crippen LogP contribution is 2.20. The highest BCUT2D eigenvalue weighted by molar-refractivity contribution is 4.59. The van der Waals surface area contributed by atoms with Crippen LogP contribution in [0.4, 0.5) is 0 Å². The number of hydrogen-bond donors (Lipinski definition) is 1. The molecule has 0 rings (SSSR count). The summed E-state index contributed by atoms with van der Waals surface area (Å²) in [6.45, 7) is 4.87. The quantitative estimate of drug-likeness (QED) is 0.525. The van der Waals surface area contributed by atoms with Gasteiger partial charge in [-0.2, -0.15) is 0 Å². The summed E-state index contributed by atoms with van der Waals surface area (Å²) >= 11 is 0. The van der Waals surface area contributed by atoms with Gasteiger partial charge >= 0.3 is 0 Å². The molecule has 0 bridgehead atoms. The van der Waals surface area contributed by atoms with Gasteiger partial charge in [0.1, 0.15) is 0 Å². The molecule has 0 saturated carbocycles. The molecule has 0 aromatic rings. The fourth-order valence-electron chi connectivity index (χ4n) is 1.98. The van der Waals surface area contributed by atoms with Crippen molar-refractivity contribution in [1.29, 1.82) is 0 Å². The molecule has 86 valence electrons. The van der Waals surface area contributed by atoms with E-state index in [1.165, 1.54) is 51.4 Å². The zero-order valence-corrected chi connectivity index (χ0v) is 10.1. The van der Waals surface area contributed by atoms with Gasteiger partial charge < -0.3 is 5.11 Å². The van der Waals surface area contributed by atoms with Gasteiger partial charge in [0, 0.05) is 6.61 Å². The molecule has 0 aromatic carbocycles. The number of rotatable bonds is 10. The van der Waals surface area contributed by atoms with E-state index in [2.05, 4.69) is 13.8 Å². The molecule has 0 saturated heterocycles. The number of hydrogen-bond acceptors (Lipinski definition) is 1. The maximum Gasteiger partial charge on any atom is 0.0433 e. The lowest BCUT2D eigenvalue weighted by atomic mass is 9.92. The van der Waals surface area contributed by atoms with Gasteiger partial charge in [-0.05, 0) is 12.3 Å². The van der Waals surface area contributed by atoms with Crippen molar-refractivity contribution in [2.75, 3.05) is 6.61 Å². The molecule has 1 heteroatoms. The fourth-order valence-corrected chi connectivity index (χ4v) is 1.98. The first-order valence-electron chi connectivity index (χ1n) is 6.46. The summed E-state index contributed by atoms with van der Waals surface area (Å²) in [7, 11) is 0. The molecule has 0 fully saturated rings. The third-order valence-electron chi connectivity index (χ3n) is 2.97. The molecule has 0 atom stereocenters. The van der Waals surface area contributed by atoms with Crippen molar-refractivity contribution in [1.82, 2.24) is 0 Å². The molecule has 0 unspecified atom stereocenters. The van der Waals surface area contributed by atoms with Crippen LogP contribution in [0.2, 0.25) is 0 Å². The van der Waals surface area contributed by atoms with E-state index in [0.29, 0.717) is 6.61 Å². The minimum atomic E-state index is 0.378. The zero-order valence-electron chi connectivity index (χ0n) is 10.1. The highest BCUT2D eigenvalue weighted by atomic mass is 16.3. The van der Waals surface area contributed by atoms with Gasteiger partial charge in [0.05, 0.1) is 0 Å². The summed E-state index contributed by atoms with van der Waals surface area (Å²) < 4.78 is 0. The van der Waals surface area contributed by atoms with Crippen LogP contribution in [0.5, 0.6) is 0 Å². The van der Waals surface area contributed by atoms with E-state index >= 15 is 0 Å². The van der Waals surface area contributed by atoms with Crippen LogP contribution in [-0.4, -0.2) is 11.7 Å². The Morgan fingerprint density at radius 2 is 1.29 bits per heavy atom. The maximum atomic E-state index is 8.95. The molecule has 0 radical (unpaired) electrons. The lowest BCUT2D eigenvalue weighted by Crippen LogP contribution is -2.03. The average Bonchev–Trinajstić information content (AvgIpc) is 2.18. The molecule has 1 N–H and O–H groups in total. The van der Waals surface area contributed by atoms with Crippen molar-refractivity contribution in [3.05, 3.63) is 0 Å². The molecule has 1 nitrogen and oxygen atoms in total. The minimum Gasteiger partial charge on any atom is -0.396 e. The van der Waals surface area contributed by atoms with E-state index in [9.17, 15) is 0 Å². The SMILES string of the molecule is CCCCCC(CCO)CCCCC. The van der Waals surface area contributed by atoms with Crippen LogP contribution in [-0.2, 0) is 0 Å². The minimum absolute atomic E-state index is 0.378. The third kappa shape index (κ3) is 8.55. The summed E-state index contributed by atoms with van der Waals surface area (Å²) in [6, 6.07) is 0. The summed E-state index contributed by atoms with van der Waals surface area (Å²) in [4.78, 5) is 0. The Morgan fingerprint density at radius 3 is 1.64 bits per heavy atom. The second-order valence-electron chi connectivity index (χ2n) is 4.37. The average molecular weight is 200 g/mol. The maximum absolute atomic E-state index is 8.95. The molecule has 0 aliphatic rings. The Labute approximate surface area is 89.9 Å². The summed E-state index contributed by atoms with van der Waals surface area (Å²) in [6.07, 6.45) is 11.7. The number of unbranched alkanes of at least 4 members (excludes halogenated alkanes) is 4. The van der Waals surface area contributed by atoms with Gasteiger partial charge in [0.2, 0.25) is 0 Å². The lowest BCUT2D eigenvalue weighted by Gasteiger charge is -2.14. The van der Waals surface area contributed by atoms with Crippen molar-refractivity contribution in [2.24, 2.45) is 5.92 Å². The fraction of sp³-hybridized carbons (Fsp3) is 1.00. The Bertz CT molecular complexity index is 91.4. The summed E-state index contributed by atoms with van der Waals surface area (Å²) in [5.41, 5.74) is 0. The number of aliphatic hydroxyl groups excluding tert-OH is 1. The zero-order chi connectivity index (χ0) is 10.6. The molecule has 14 heavy (non-hydrogen) atoms. The van der Waals surface area contributed by atoms with Gasteiger partial charge in [-0.1, -0.05) is 65.2 Å². The molecule has 0 spiro atoms. The normalized spacial score (nSPS) is 11.1. The molecule has 0 aliphatic carbocycles. The molecule has 0 amide bonds. The second-order valence-corrected chi connectivity index (χ2v) is 4.37. The van der Waals surface area contributed by atoms with Crippen LogP contribution in [0, 0.1) is 5.92 Å². The largest absolute Gasteiger partial charge is 0.396 e. The molecule has 0 aliphatic heterocycles. The van der Waals surface area contributed by atoms with Crippen LogP contribution in [0.15, 0.2) is 0 Å². The topological polar surface area (TPSA) is 20.2 Å². The molecular weight excluding hydrogens is 172 g/mol. The van der Waals surface area contributed by atoms with Crippen LogP contribution >= 0.6 is 0 Å². The summed E-state index contributed by atoms with van der Waals surface area (Å²) in [5.74, 6) is 0.790. The van der Waals surface area contributed by atoms with Gasteiger partial charge in [-0.15, -0.1) is 0 Å². The smallest absolute Gasteiger partial charge is 0.0433 e. The molecule has 0 aromatic heterocycles. The Balaban J connectivity index is 3.44. The standard InChI is InChI=1S/C13H28O/c1-3-5-7-9-13(11-12-14)10-8-6-4-2/h13-14H,3-12H2,1-2H3. The molecule has 0 heterocycles. The van der Waals surface area contributed by atoms with E-state index in [1.54, 1.807) is 0 Å². The van der Waals surface area contributed by atoms with Crippen LogP contribution < -0.4 is 0 Å². The van der Waals surface area contributed by atoms with Crippen molar-refractivity contribution in [2.45, 2.75) is 71.6 Å². The highest BCUT2D eigenvalue weighted by Gasteiger charge is 2.06. The summed E-state index contributed by atoms with van der Waals surface area (Å²) in [5, 5.41) is 8.95. The monoisotopic (exact) mass is 200 g/mol. The van der Waals surface area contributed by atoms with Crippen molar-refractivity contribution >= 4 is 0 Å². The first-order valence-corrected chi connectivity index (χ1v) is 6.46. The Kier molecular flexibility index (Phi) is 11.0. The third-order valence-corrected chi connectivity index (χ3v) is 2.97. The van der Waals surface area contributed by atoms with Gasteiger partial charge in [0.25, 0.3) is 0 Å². The van der Waals surface area contributed by atoms with Crippen molar-refractivity contribution in [3.8, 4) is 0 Å².